The van der Waals surface area contributed by atoms with Gasteiger partial charge in [-0.1, -0.05) is 24.1 Å². The highest BCUT2D eigenvalue weighted by Gasteiger charge is 2.21. The van der Waals surface area contributed by atoms with Crippen molar-refractivity contribution in [1.29, 1.82) is 0 Å². The molecular formula is C15H24O2. The minimum Gasteiger partial charge on any atom is -0.388 e. The molecule has 0 heterocycles. The van der Waals surface area contributed by atoms with Gasteiger partial charge in [-0.25, -0.2) is 0 Å². The molecule has 0 aliphatic heterocycles. The maximum Gasteiger partial charge on any atom is 0.139 e. The van der Waals surface area contributed by atoms with Crippen LogP contribution < -0.4 is 0 Å². The molecule has 0 saturated carbocycles. The zero-order valence-electron chi connectivity index (χ0n) is 11.4. The first kappa shape index (κ1) is 14.2. The quantitative estimate of drug-likeness (QED) is 0.654. The van der Waals surface area contributed by atoms with Crippen LogP contribution in [-0.2, 0) is 4.79 Å². The zero-order chi connectivity index (χ0) is 13.0. The van der Waals surface area contributed by atoms with Gasteiger partial charge in [0.1, 0.15) is 5.78 Å². The molecule has 1 aliphatic carbocycles. The zero-order valence-corrected chi connectivity index (χ0v) is 11.4. The van der Waals surface area contributed by atoms with Gasteiger partial charge in [-0.2, -0.15) is 0 Å². The maximum absolute atomic E-state index is 12.0. The SMILES string of the molecule is CC(C)=C1CC(=O)[C@@H](C)CC/C=C(/C)CC1O. The van der Waals surface area contributed by atoms with Crippen molar-refractivity contribution in [3.8, 4) is 0 Å². The molecule has 2 atom stereocenters. The minimum absolute atomic E-state index is 0.0960. The van der Waals surface area contributed by atoms with Gasteiger partial charge in [0.15, 0.2) is 0 Å². The largest absolute Gasteiger partial charge is 0.388 e. The van der Waals surface area contributed by atoms with Crippen LogP contribution in [0.3, 0.4) is 0 Å². The molecule has 0 bridgehead atoms. The van der Waals surface area contributed by atoms with Crippen molar-refractivity contribution in [1.82, 2.24) is 0 Å². The van der Waals surface area contributed by atoms with Crippen molar-refractivity contribution in [2.75, 3.05) is 0 Å². The molecule has 0 amide bonds. The molecule has 0 aromatic carbocycles. The lowest BCUT2D eigenvalue weighted by Crippen LogP contribution is -2.20. The molecule has 2 heteroatoms. The first-order valence-electron chi connectivity index (χ1n) is 6.44. The summed E-state index contributed by atoms with van der Waals surface area (Å²) in [5.74, 6) is 0.354. The average molecular weight is 236 g/mol. The monoisotopic (exact) mass is 236 g/mol. The van der Waals surface area contributed by atoms with Gasteiger partial charge in [-0.05, 0) is 45.6 Å². The van der Waals surface area contributed by atoms with E-state index in [1.54, 1.807) is 0 Å². The Morgan fingerprint density at radius 2 is 2.06 bits per heavy atom. The van der Waals surface area contributed by atoms with Crippen LogP contribution >= 0.6 is 0 Å². The van der Waals surface area contributed by atoms with E-state index in [1.807, 2.05) is 20.8 Å². The Hall–Kier alpha value is -0.890. The number of aliphatic hydroxyl groups is 1. The molecule has 0 fully saturated rings. The van der Waals surface area contributed by atoms with Gasteiger partial charge in [0, 0.05) is 12.3 Å². The number of allylic oxidation sites excluding steroid dienone is 2. The lowest BCUT2D eigenvalue weighted by molar-refractivity contribution is -0.122. The molecule has 1 unspecified atom stereocenters. The summed E-state index contributed by atoms with van der Waals surface area (Å²) in [6.45, 7) is 7.99. The molecule has 0 aromatic heterocycles. The van der Waals surface area contributed by atoms with E-state index in [2.05, 4.69) is 13.0 Å². The minimum atomic E-state index is -0.495. The van der Waals surface area contributed by atoms with Crippen LogP contribution in [0.4, 0.5) is 0 Å². The normalized spacial score (nSPS) is 30.8. The Kier molecular flexibility index (Phi) is 5.13. The van der Waals surface area contributed by atoms with Crippen LogP contribution in [0.2, 0.25) is 0 Å². The smallest absolute Gasteiger partial charge is 0.139 e. The molecule has 2 nitrogen and oxygen atoms in total. The molecule has 96 valence electrons. The molecule has 1 aliphatic rings. The average Bonchev–Trinajstić information content (AvgIpc) is 2.23. The number of carbonyl (C=O) groups excluding carboxylic acids is 1. The second-order valence-corrected chi connectivity index (χ2v) is 5.42. The Balaban J connectivity index is 2.99. The van der Waals surface area contributed by atoms with Crippen molar-refractivity contribution in [2.45, 2.75) is 59.5 Å². The van der Waals surface area contributed by atoms with Crippen molar-refractivity contribution in [3.63, 3.8) is 0 Å². The van der Waals surface area contributed by atoms with E-state index < -0.39 is 6.10 Å². The number of carbonyl (C=O) groups is 1. The number of ketones is 1. The maximum atomic E-state index is 12.0. The van der Waals surface area contributed by atoms with Crippen molar-refractivity contribution < 1.29 is 9.90 Å². The highest BCUT2D eigenvalue weighted by Crippen LogP contribution is 2.24. The highest BCUT2D eigenvalue weighted by molar-refractivity contribution is 5.83. The first-order valence-corrected chi connectivity index (χ1v) is 6.44. The Labute approximate surface area is 104 Å². The van der Waals surface area contributed by atoms with E-state index in [0.29, 0.717) is 12.8 Å². The van der Waals surface area contributed by atoms with E-state index >= 15 is 0 Å². The van der Waals surface area contributed by atoms with Crippen LogP contribution in [0.25, 0.3) is 0 Å². The topological polar surface area (TPSA) is 37.3 Å². The van der Waals surface area contributed by atoms with Gasteiger partial charge >= 0.3 is 0 Å². The fourth-order valence-electron chi connectivity index (χ4n) is 2.24. The van der Waals surface area contributed by atoms with Crippen LogP contribution in [0.1, 0.15) is 53.4 Å². The fraction of sp³-hybridized carbons (Fsp3) is 0.667. The summed E-state index contributed by atoms with van der Waals surface area (Å²) in [5.41, 5.74) is 3.21. The van der Waals surface area contributed by atoms with Crippen molar-refractivity contribution >= 4 is 5.78 Å². The Morgan fingerprint density at radius 3 is 2.65 bits per heavy atom. The predicted octanol–water partition coefficient (Wildman–Crippen LogP) is 3.41. The summed E-state index contributed by atoms with van der Waals surface area (Å²) >= 11 is 0. The molecule has 0 saturated heterocycles. The van der Waals surface area contributed by atoms with Crippen LogP contribution in [0.5, 0.6) is 0 Å². The van der Waals surface area contributed by atoms with E-state index in [4.69, 9.17) is 0 Å². The third kappa shape index (κ3) is 4.12. The fourth-order valence-corrected chi connectivity index (χ4v) is 2.24. The van der Waals surface area contributed by atoms with Crippen LogP contribution in [-0.4, -0.2) is 17.0 Å². The molecule has 17 heavy (non-hydrogen) atoms. The first-order chi connectivity index (χ1) is 7.91. The van der Waals surface area contributed by atoms with Crippen molar-refractivity contribution in [2.24, 2.45) is 5.92 Å². The summed E-state index contributed by atoms with van der Waals surface area (Å²) in [5, 5.41) is 10.2. The van der Waals surface area contributed by atoms with E-state index in [1.165, 1.54) is 5.57 Å². The van der Waals surface area contributed by atoms with Gasteiger partial charge in [0.05, 0.1) is 6.10 Å². The second kappa shape index (κ2) is 6.15. The number of rotatable bonds is 0. The molecule has 0 aromatic rings. The second-order valence-electron chi connectivity index (χ2n) is 5.42. The molecule has 1 N–H and O–H groups in total. The summed E-state index contributed by atoms with van der Waals surface area (Å²) in [6.07, 6.45) is 4.59. The van der Waals surface area contributed by atoms with Crippen molar-refractivity contribution in [3.05, 3.63) is 22.8 Å². The summed E-state index contributed by atoms with van der Waals surface area (Å²) in [7, 11) is 0. The van der Waals surface area contributed by atoms with Gasteiger partial charge < -0.3 is 5.11 Å². The molecule has 0 spiro atoms. The lowest BCUT2D eigenvalue weighted by atomic mass is 9.87. The highest BCUT2D eigenvalue weighted by atomic mass is 16.3. The Morgan fingerprint density at radius 1 is 1.41 bits per heavy atom. The van der Waals surface area contributed by atoms with Gasteiger partial charge in [0.25, 0.3) is 0 Å². The van der Waals surface area contributed by atoms with E-state index in [9.17, 15) is 9.90 Å². The van der Waals surface area contributed by atoms with Gasteiger partial charge in [-0.15, -0.1) is 0 Å². The molecular weight excluding hydrogens is 212 g/mol. The molecule has 0 radical (unpaired) electrons. The van der Waals surface area contributed by atoms with Crippen LogP contribution in [0.15, 0.2) is 22.8 Å². The summed E-state index contributed by atoms with van der Waals surface area (Å²) in [6, 6.07) is 0. The Bertz CT molecular complexity index is 346. The number of hydrogen-bond acceptors (Lipinski definition) is 2. The number of hydrogen-bond donors (Lipinski definition) is 1. The lowest BCUT2D eigenvalue weighted by Gasteiger charge is -2.20. The van der Waals surface area contributed by atoms with Gasteiger partial charge in [0.2, 0.25) is 0 Å². The standard InChI is InChI=1S/C15H24O2/c1-10(2)13-9-14(16)12(4)7-5-6-11(3)8-15(13)17/h6,12,15,17H,5,7-9H2,1-4H3/b11-6-/t12-,15?/m0/s1. The third-order valence-electron chi connectivity index (χ3n) is 3.57. The molecule has 1 rings (SSSR count). The third-order valence-corrected chi connectivity index (χ3v) is 3.57. The number of aliphatic hydroxyl groups excluding tert-OH is 1. The van der Waals surface area contributed by atoms with Gasteiger partial charge in [-0.3, -0.25) is 4.79 Å². The van der Waals surface area contributed by atoms with E-state index in [0.717, 1.165) is 24.0 Å². The summed E-state index contributed by atoms with van der Waals surface area (Å²) < 4.78 is 0. The summed E-state index contributed by atoms with van der Waals surface area (Å²) in [4.78, 5) is 12.0. The predicted molar refractivity (Wildman–Crippen MR) is 70.8 cm³/mol. The van der Waals surface area contributed by atoms with E-state index in [-0.39, 0.29) is 11.7 Å². The number of Topliss-reactive ketones (excluding diaryl/α,β-unsaturated/α-hetero) is 1. The van der Waals surface area contributed by atoms with Crippen LogP contribution in [0, 0.1) is 5.92 Å².